The van der Waals surface area contributed by atoms with Crippen LogP contribution in [0.4, 0.5) is 11.4 Å². The molecule has 102 valence electrons. The van der Waals surface area contributed by atoms with E-state index in [-0.39, 0.29) is 11.3 Å². The minimum absolute atomic E-state index is 0.240. The van der Waals surface area contributed by atoms with Crippen LogP contribution in [0.3, 0.4) is 0 Å². The van der Waals surface area contributed by atoms with Gasteiger partial charge in [0.15, 0.2) is 5.78 Å². The Hall–Kier alpha value is -1.81. The molecule has 1 spiro atoms. The maximum Gasteiger partial charge on any atom is 0.161 e. The summed E-state index contributed by atoms with van der Waals surface area (Å²) in [6.45, 7) is 2.04. The minimum atomic E-state index is 0.240. The van der Waals surface area contributed by atoms with Crippen LogP contribution in [0.2, 0.25) is 0 Å². The molecule has 2 unspecified atom stereocenters. The summed E-state index contributed by atoms with van der Waals surface area (Å²) < 4.78 is 0. The molecule has 0 saturated heterocycles. The fourth-order valence-corrected chi connectivity index (χ4v) is 4.95. The van der Waals surface area contributed by atoms with Crippen molar-refractivity contribution in [2.75, 3.05) is 10.9 Å². The first-order valence-electron chi connectivity index (χ1n) is 7.38. The predicted octanol–water partition coefficient (Wildman–Crippen LogP) is 2.64. The van der Waals surface area contributed by atoms with Crippen molar-refractivity contribution in [2.24, 2.45) is 11.3 Å². The van der Waals surface area contributed by atoms with Crippen LogP contribution in [0, 0.1) is 11.3 Å². The number of anilines is 2. The number of hydrazine groups is 2. The van der Waals surface area contributed by atoms with Crippen LogP contribution in [-0.2, 0) is 11.2 Å². The number of Topliss-reactive ketones (excluding diaryl/α,β-unsaturated/α-hetero) is 1. The molecule has 0 aromatic heterocycles. The second kappa shape index (κ2) is 3.26. The van der Waals surface area contributed by atoms with Gasteiger partial charge < -0.3 is 10.9 Å². The third-order valence-corrected chi connectivity index (χ3v) is 5.74. The van der Waals surface area contributed by atoms with E-state index in [0.717, 1.165) is 30.5 Å². The van der Waals surface area contributed by atoms with Gasteiger partial charge in [0.25, 0.3) is 0 Å². The highest BCUT2D eigenvalue weighted by Crippen LogP contribution is 2.63. The standard InChI is InChI=1S/C16H17N3O/c1-8-13-10-2-3-12-14(18-19-17-12)11(10)7-16(13)5-4-9(6-16)15(8)20/h2-3,9,17-19H,4-7H2,1H3. The van der Waals surface area contributed by atoms with E-state index in [2.05, 4.69) is 28.5 Å². The normalized spacial score (nSPS) is 32.6. The smallest absolute Gasteiger partial charge is 0.161 e. The van der Waals surface area contributed by atoms with Crippen molar-refractivity contribution in [3.8, 4) is 0 Å². The highest BCUT2D eigenvalue weighted by atomic mass is 16.1. The molecule has 4 nitrogen and oxygen atoms in total. The SMILES string of the molecule is CC1=C2c3ccc4c(c3CC23CCC(C3)C1=O)NNN4. The molecule has 1 saturated carbocycles. The number of hydrogen-bond donors (Lipinski definition) is 3. The van der Waals surface area contributed by atoms with Crippen LogP contribution in [0.5, 0.6) is 0 Å². The Morgan fingerprint density at radius 2 is 2.20 bits per heavy atom. The van der Waals surface area contributed by atoms with Crippen molar-refractivity contribution >= 4 is 22.7 Å². The average Bonchev–Trinajstić information content (AvgIpc) is 3.11. The lowest BCUT2D eigenvalue weighted by Crippen LogP contribution is -2.26. The Kier molecular flexibility index (Phi) is 1.78. The van der Waals surface area contributed by atoms with Crippen LogP contribution in [0.15, 0.2) is 17.7 Å². The Balaban J connectivity index is 1.81. The first-order chi connectivity index (χ1) is 9.70. The summed E-state index contributed by atoms with van der Waals surface area (Å²) in [5.74, 6) is 0.677. The van der Waals surface area contributed by atoms with E-state index < -0.39 is 0 Å². The molecule has 1 aromatic rings. The van der Waals surface area contributed by atoms with E-state index in [1.807, 2.05) is 6.92 Å². The average molecular weight is 267 g/mol. The van der Waals surface area contributed by atoms with Crippen molar-refractivity contribution in [1.29, 1.82) is 0 Å². The number of hydrogen-bond acceptors (Lipinski definition) is 4. The van der Waals surface area contributed by atoms with E-state index in [0.29, 0.717) is 5.78 Å². The maximum absolute atomic E-state index is 12.5. The first kappa shape index (κ1) is 10.9. The van der Waals surface area contributed by atoms with Crippen LogP contribution in [0.1, 0.15) is 37.3 Å². The molecule has 0 amide bonds. The zero-order chi connectivity index (χ0) is 13.5. The van der Waals surface area contributed by atoms with E-state index in [1.54, 1.807) is 0 Å². The molecular weight excluding hydrogens is 250 g/mol. The summed E-state index contributed by atoms with van der Waals surface area (Å²) in [5, 5.41) is 0. The van der Waals surface area contributed by atoms with Gasteiger partial charge in [-0.15, -0.1) is 5.53 Å². The second-order valence-electron chi connectivity index (χ2n) is 6.65. The fourth-order valence-electron chi connectivity index (χ4n) is 4.95. The van der Waals surface area contributed by atoms with Gasteiger partial charge in [0.1, 0.15) is 0 Å². The van der Waals surface area contributed by atoms with E-state index in [9.17, 15) is 4.79 Å². The molecule has 2 bridgehead atoms. The zero-order valence-corrected chi connectivity index (χ0v) is 11.5. The number of allylic oxidation sites excluding steroid dienone is 2. The molecule has 2 atom stereocenters. The minimum Gasteiger partial charge on any atom is -0.302 e. The third kappa shape index (κ3) is 1.07. The van der Waals surface area contributed by atoms with Crippen LogP contribution >= 0.6 is 0 Å². The summed E-state index contributed by atoms with van der Waals surface area (Å²) in [6, 6.07) is 4.29. The van der Waals surface area contributed by atoms with E-state index >= 15 is 0 Å². The van der Waals surface area contributed by atoms with Gasteiger partial charge in [0, 0.05) is 11.3 Å². The molecule has 1 fully saturated rings. The van der Waals surface area contributed by atoms with Gasteiger partial charge in [-0.3, -0.25) is 4.79 Å². The number of rotatable bonds is 0. The third-order valence-electron chi connectivity index (χ3n) is 5.74. The van der Waals surface area contributed by atoms with Gasteiger partial charge in [-0.05, 0) is 60.9 Å². The van der Waals surface area contributed by atoms with Crippen LogP contribution in [0.25, 0.3) is 5.57 Å². The summed E-state index contributed by atoms with van der Waals surface area (Å²) in [5.41, 5.74) is 16.9. The molecule has 1 aromatic carbocycles. The summed E-state index contributed by atoms with van der Waals surface area (Å²) in [7, 11) is 0. The molecule has 20 heavy (non-hydrogen) atoms. The van der Waals surface area contributed by atoms with Crippen molar-refractivity contribution < 1.29 is 4.79 Å². The summed E-state index contributed by atoms with van der Waals surface area (Å²) in [6.07, 6.45) is 4.38. The predicted molar refractivity (Wildman–Crippen MR) is 77.9 cm³/mol. The Morgan fingerprint density at radius 1 is 1.30 bits per heavy atom. The summed E-state index contributed by atoms with van der Waals surface area (Å²) in [4.78, 5) is 12.5. The van der Waals surface area contributed by atoms with Crippen molar-refractivity contribution in [2.45, 2.75) is 32.6 Å². The highest BCUT2D eigenvalue weighted by molar-refractivity contribution is 6.08. The number of nitrogens with one attached hydrogen (secondary N) is 3. The molecule has 0 radical (unpaired) electrons. The largest absolute Gasteiger partial charge is 0.302 e. The molecule has 4 heteroatoms. The van der Waals surface area contributed by atoms with Crippen molar-refractivity contribution in [3.05, 3.63) is 28.8 Å². The van der Waals surface area contributed by atoms with Gasteiger partial charge in [-0.1, -0.05) is 6.07 Å². The lowest BCUT2D eigenvalue weighted by atomic mass is 9.71. The Labute approximate surface area is 117 Å². The topological polar surface area (TPSA) is 53.2 Å². The zero-order valence-electron chi connectivity index (χ0n) is 11.5. The number of carbonyl (C=O) groups is 1. The van der Waals surface area contributed by atoms with Crippen LogP contribution < -0.4 is 16.4 Å². The number of ketones is 1. The number of carbonyl (C=O) groups excluding carboxylic acids is 1. The molecular formula is C16H17N3O. The van der Waals surface area contributed by atoms with Gasteiger partial charge in [-0.25, -0.2) is 0 Å². The van der Waals surface area contributed by atoms with Gasteiger partial charge in [-0.2, -0.15) is 0 Å². The first-order valence-corrected chi connectivity index (χ1v) is 7.38. The molecule has 1 heterocycles. The highest BCUT2D eigenvalue weighted by Gasteiger charge is 2.54. The molecule has 3 N–H and O–H groups in total. The number of benzene rings is 1. The van der Waals surface area contributed by atoms with Gasteiger partial charge >= 0.3 is 0 Å². The molecule has 1 aliphatic heterocycles. The second-order valence-corrected chi connectivity index (χ2v) is 6.65. The quantitative estimate of drug-likeness (QED) is 0.676. The maximum atomic E-state index is 12.5. The summed E-state index contributed by atoms with van der Waals surface area (Å²) >= 11 is 0. The van der Waals surface area contributed by atoms with E-state index in [4.69, 9.17) is 0 Å². The molecule has 5 rings (SSSR count). The Morgan fingerprint density at radius 3 is 3.10 bits per heavy atom. The van der Waals surface area contributed by atoms with Crippen molar-refractivity contribution in [3.63, 3.8) is 0 Å². The van der Waals surface area contributed by atoms with Crippen molar-refractivity contribution in [1.82, 2.24) is 5.53 Å². The molecule has 3 aliphatic carbocycles. The van der Waals surface area contributed by atoms with Gasteiger partial charge in [0.05, 0.1) is 11.4 Å². The monoisotopic (exact) mass is 267 g/mol. The fraction of sp³-hybridized carbons (Fsp3) is 0.438. The Bertz CT molecular complexity index is 706. The lowest BCUT2D eigenvalue weighted by Gasteiger charge is -2.31. The molecule has 4 aliphatic rings. The van der Waals surface area contributed by atoms with E-state index in [1.165, 1.54) is 28.8 Å². The van der Waals surface area contributed by atoms with Gasteiger partial charge in [0.2, 0.25) is 0 Å². The number of fused-ring (bicyclic) bond motifs is 5. The van der Waals surface area contributed by atoms with Crippen LogP contribution in [-0.4, -0.2) is 5.78 Å². The lowest BCUT2D eigenvalue weighted by molar-refractivity contribution is -0.119.